The van der Waals surface area contributed by atoms with Gasteiger partial charge in [0.15, 0.2) is 5.78 Å². The number of ketones is 1. The second kappa shape index (κ2) is 4.49. The quantitative estimate of drug-likeness (QED) is 0.343. The maximum Gasteiger partial charge on any atom is 0.308 e. The number of rotatable bonds is 3. The van der Waals surface area contributed by atoms with Crippen LogP contribution in [-0.2, 0) is 19.1 Å². The zero-order valence-corrected chi connectivity index (χ0v) is 6.71. The summed E-state index contributed by atoms with van der Waals surface area (Å²) in [7, 11) is 1.37. The highest BCUT2D eigenvalue weighted by molar-refractivity contribution is 5.93. The number of hydrogen-bond acceptors (Lipinski definition) is 4. The van der Waals surface area contributed by atoms with Crippen LogP contribution < -0.4 is 0 Å². The minimum Gasteiger partial charge on any atom is -0.500 e. The van der Waals surface area contributed by atoms with E-state index in [-0.39, 0.29) is 11.5 Å². The van der Waals surface area contributed by atoms with E-state index < -0.39 is 5.97 Å². The largest absolute Gasteiger partial charge is 0.500 e. The fourth-order valence-corrected chi connectivity index (χ4v) is 0.441. The monoisotopic (exact) mass is 158 g/mol. The summed E-state index contributed by atoms with van der Waals surface area (Å²) in [6, 6.07) is 0. The molecule has 0 N–H and O–H groups in total. The lowest BCUT2D eigenvalue weighted by molar-refractivity contribution is -0.140. The van der Waals surface area contributed by atoms with Gasteiger partial charge in [0.05, 0.1) is 7.11 Å². The lowest BCUT2D eigenvalue weighted by Crippen LogP contribution is -2.06. The molecule has 0 atom stereocenters. The first kappa shape index (κ1) is 9.68. The topological polar surface area (TPSA) is 52.6 Å². The molecule has 11 heavy (non-hydrogen) atoms. The van der Waals surface area contributed by atoms with Crippen LogP contribution in [0.1, 0.15) is 13.8 Å². The molecule has 0 saturated carbocycles. The normalized spacial score (nSPS) is 10.6. The molecule has 0 spiro atoms. The predicted octanol–water partition coefficient (Wildman–Crippen LogP) is 0.626. The third-order valence-electron chi connectivity index (χ3n) is 0.826. The van der Waals surface area contributed by atoms with E-state index in [2.05, 4.69) is 9.47 Å². The molecule has 0 rings (SSSR count). The van der Waals surface area contributed by atoms with Crippen LogP contribution in [0.15, 0.2) is 12.0 Å². The highest BCUT2D eigenvalue weighted by Gasteiger charge is 2.07. The molecule has 4 nitrogen and oxygen atoms in total. The van der Waals surface area contributed by atoms with Crippen molar-refractivity contribution in [3.8, 4) is 0 Å². The Hall–Kier alpha value is -1.32. The zero-order valence-electron chi connectivity index (χ0n) is 6.71. The number of allylic oxidation sites excluding steroid dienone is 1. The van der Waals surface area contributed by atoms with Gasteiger partial charge in [-0.25, -0.2) is 0 Å². The van der Waals surface area contributed by atoms with E-state index in [1.807, 2.05) is 0 Å². The molecule has 0 fully saturated rings. The van der Waals surface area contributed by atoms with Gasteiger partial charge in [0.25, 0.3) is 0 Å². The summed E-state index contributed by atoms with van der Waals surface area (Å²) in [5.74, 6) is -0.967. The van der Waals surface area contributed by atoms with Crippen molar-refractivity contribution in [2.24, 2.45) is 0 Å². The van der Waals surface area contributed by atoms with Gasteiger partial charge in [-0.15, -0.1) is 0 Å². The van der Waals surface area contributed by atoms with Crippen molar-refractivity contribution in [1.82, 2.24) is 0 Å². The predicted molar refractivity (Wildman–Crippen MR) is 37.5 cm³/mol. The number of hydrogen-bond donors (Lipinski definition) is 0. The molecular weight excluding hydrogens is 148 g/mol. The Labute approximate surface area is 64.8 Å². The van der Waals surface area contributed by atoms with E-state index in [1.165, 1.54) is 21.0 Å². The molecule has 0 saturated heterocycles. The van der Waals surface area contributed by atoms with Crippen LogP contribution in [-0.4, -0.2) is 18.9 Å². The molecule has 0 aromatic rings. The van der Waals surface area contributed by atoms with E-state index in [0.29, 0.717) is 0 Å². The molecule has 0 aromatic heterocycles. The summed E-state index contributed by atoms with van der Waals surface area (Å²) in [4.78, 5) is 21.0. The average molecular weight is 158 g/mol. The third-order valence-corrected chi connectivity index (χ3v) is 0.826. The molecule has 0 heterocycles. The maximum absolute atomic E-state index is 10.6. The number of Topliss-reactive ketones (excluding diaryl/α,β-unsaturated/α-hetero) is 1. The van der Waals surface area contributed by atoms with Crippen LogP contribution in [0, 0.1) is 0 Å². The van der Waals surface area contributed by atoms with Crippen LogP contribution in [0.5, 0.6) is 0 Å². The fourth-order valence-electron chi connectivity index (χ4n) is 0.441. The molecule has 0 aromatic carbocycles. The lowest BCUT2D eigenvalue weighted by atomic mass is 10.4. The molecule has 62 valence electrons. The zero-order chi connectivity index (χ0) is 8.85. The Morgan fingerprint density at radius 2 is 1.82 bits per heavy atom. The Bertz CT molecular complexity index is 193. The Kier molecular flexibility index (Phi) is 3.95. The fraction of sp³-hybridized carbons (Fsp3) is 0.429. The van der Waals surface area contributed by atoms with E-state index in [0.717, 1.165) is 6.26 Å². The van der Waals surface area contributed by atoms with Gasteiger partial charge in [-0.1, -0.05) is 0 Å². The highest BCUT2D eigenvalue weighted by Crippen LogP contribution is 1.98. The maximum atomic E-state index is 10.6. The summed E-state index contributed by atoms with van der Waals surface area (Å²) >= 11 is 0. The molecule has 4 heteroatoms. The van der Waals surface area contributed by atoms with Gasteiger partial charge in [-0.3, -0.25) is 9.59 Å². The van der Waals surface area contributed by atoms with Crippen LogP contribution >= 0.6 is 0 Å². The number of carbonyl (C=O) groups is 2. The van der Waals surface area contributed by atoms with E-state index in [9.17, 15) is 9.59 Å². The Morgan fingerprint density at radius 3 is 2.09 bits per heavy atom. The second-order valence-electron chi connectivity index (χ2n) is 1.87. The van der Waals surface area contributed by atoms with Crippen molar-refractivity contribution in [3.05, 3.63) is 12.0 Å². The van der Waals surface area contributed by atoms with Gasteiger partial charge < -0.3 is 9.47 Å². The van der Waals surface area contributed by atoms with Gasteiger partial charge in [-0.05, 0) is 0 Å². The minimum absolute atomic E-state index is 0.0833. The van der Waals surface area contributed by atoms with E-state index >= 15 is 0 Å². The van der Waals surface area contributed by atoms with Crippen molar-refractivity contribution in [2.45, 2.75) is 13.8 Å². The van der Waals surface area contributed by atoms with Gasteiger partial charge in [0, 0.05) is 13.8 Å². The number of carbonyl (C=O) groups excluding carboxylic acids is 2. The van der Waals surface area contributed by atoms with Gasteiger partial charge >= 0.3 is 5.97 Å². The van der Waals surface area contributed by atoms with Gasteiger partial charge in [-0.2, -0.15) is 0 Å². The van der Waals surface area contributed by atoms with Crippen molar-refractivity contribution in [3.63, 3.8) is 0 Å². The van der Waals surface area contributed by atoms with E-state index in [1.54, 1.807) is 0 Å². The summed E-state index contributed by atoms with van der Waals surface area (Å²) in [5, 5.41) is 0. The van der Waals surface area contributed by atoms with Crippen LogP contribution in [0.2, 0.25) is 0 Å². The summed E-state index contributed by atoms with van der Waals surface area (Å²) < 4.78 is 9.01. The van der Waals surface area contributed by atoms with Gasteiger partial charge in [0.1, 0.15) is 6.26 Å². The molecule has 0 unspecified atom stereocenters. The third kappa shape index (κ3) is 4.13. The molecule has 0 aliphatic carbocycles. The molecule has 0 amide bonds. The number of ether oxygens (including phenoxy) is 2. The average Bonchev–Trinajstić information content (AvgIpc) is 1.86. The molecule has 0 aliphatic rings. The highest BCUT2D eigenvalue weighted by atomic mass is 16.6. The summed E-state index contributed by atoms with van der Waals surface area (Å²) in [6.45, 7) is 2.50. The molecule has 0 bridgehead atoms. The van der Waals surface area contributed by atoms with Crippen LogP contribution in [0.3, 0.4) is 0 Å². The second-order valence-corrected chi connectivity index (χ2v) is 1.87. The van der Waals surface area contributed by atoms with Gasteiger partial charge in [0.2, 0.25) is 5.76 Å². The molecule has 0 radical (unpaired) electrons. The Balaban J connectivity index is 4.23. The summed E-state index contributed by atoms with van der Waals surface area (Å²) in [6.07, 6.45) is 1.09. The molecule has 0 aliphatic heterocycles. The Morgan fingerprint density at radius 1 is 1.27 bits per heavy atom. The molecular formula is C7H10O4. The number of methoxy groups -OCH3 is 1. The SMILES string of the molecule is COC=C(OC(C)=O)C(C)=O. The standard InChI is InChI=1S/C7H10O4/c1-5(8)7(4-10-3)11-6(2)9/h4H,1-3H3. The van der Waals surface area contributed by atoms with Crippen molar-refractivity contribution >= 4 is 11.8 Å². The first-order valence-electron chi connectivity index (χ1n) is 3.00. The van der Waals surface area contributed by atoms with Crippen molar-refractivity contribution in [1.29, 1.82) is 0 Å². The van der Waals surface area contributed by atoms with Crippen molar-refractivity contribution in [2.75, 3.05) is 7.11 Å². The van der Waals surface area contributed by atoms with E-state index in [4.69, 9.17) is 0 Å². The smallest absolute Gasteiger partial charge is 0.308 e. The van der Waals surface area contributed by atoms with Crippen LogP contribution in [0.25, 0.3) is 0 Å². The minimum atomic E-state index is -0.538. The first-order chi connectivity index (χ1) is 5.07. The van der Waals surface area contributed by atoms with Crippen molar-refractivity contribution < 1.29 is 19.1 Å². The van der Waals surface area contributed by atoms with Crippen LogP contribution in [0.4, 0.5) is 0 Å². The summed E-state index contributed by atoms with van der Waals surface area (Å²) in [5.41, 5.74) is 0. The lowest BCUT2D eigenvalue weighted by Gasteiger charge is -2.00. The first-order valence-corrected chi connectivity index (χ1v) is 3.00. The number of esters is 1.